The van der Waals surface area contributed by atoms with Gasteiger partial charge in [-0.05, 0) is 0 Å². The summed E-state index contributed by atoms with van der Waals surface area (Å²) in [7, 11) is 4.01. The molecule has 70 heavy (non-hydrogen) atoms. The Labute approximate surface area is 386 Å². The molecule has 1 aliphatic rings. The lowest BCUT2D eigenvalue weighted by Crippen LogP contribution is -2.70. The average molecular weight is 1100 g/mol. The summed E-state index contributed by atoms with van der Waals surface area (Å²) in [5.41, 5.74) is 0. The van der Waals surface area contributed by atoms with Crippen LogP contribution in [0.1, 0.15) is 27.7 Å². The molecule has 1 aliphatic heterocycles. The highest BCUT2D eigenvalue weighted by molar-refractivity contribution is 5.00. The minimum Gasteiger partial charge on any atom is -0.385 e. The third-order valence-electron chi connectivity index (χ3n) is 10.6. The van der Waals surface area contributed by atoms with Crippen molar-refractivity contribution in [3.05, 3.63) is 0 Å². The van der Waals surface area contributed by atoms with Crippen molar-refractivity contribution in [2.24, 2.45) is 0 Å². The minimum absolute atomic E-state index is 0.153. The highest BCUT2D eigenvalue weighted by Gasteiger charge is 2.77. The molecular formula is C37H60F24N3O6+3. The number of nitrogens with zero attached hydrogens (tertiary/aromatic N) is 3. The molecule has 33 heteroatoms. The van der Waals surface area contributed by atoms with Crippen molar-refractivity contribution in [3.63, 3.8) is 0 Å². The van der Waals surface area contributed by atoms with Gasteiger partial charge in [-0.1, -0.05) is 27.7 Å². The van der Waals surface area contributed by atoms with Gasteiger partial charge < -0.3 is 43.0 Å². The van der Waals surface area contributed by atoms with E-state index in [-0.39, 0.29) is 43.8 Å². The van der Waals surface area contributed by atoms with Crippen molar-refractivity contribution in [2.45, 2.75) is 119 Å². The third kappa shape index (κ3) is 17.3. The molecule has 0 spiro atoms. The minimum atomic E-state index is -6.67. The lowest BCUT2D eigenvalue weighted by atomic mass is 10.1. The Morgan fingerprint density at radius 2 is 0.729 bits per heavy atom. The van der Waals surface area contributed by atoms with E-state index in [4.69, 9.17) is 0 Å². The molecule has 3 N–H and O–H groups in total. The van der Waals surface area contributed by atoms with Gasteiger partial charge in [-0.3, -0.25) is 0 Å². The zero-order valence-electron chi connectivity index (χ0n) is 38.5. The monoisotopic (exact) mass is 1100 g/mol. The lowest BCUT2D eigenvalue weighted by Gasteiger charge is -2.50. The topological polar surface area (TPSA) is 88.4 Å². The Morgan fingerprint density at radius 1 is 0.457 bits per heavy atom. The maximum absolute atomic E-state index is 14.0. The largest absolute Gasteiger partial charge is 0.385 e. The standard InChI is InChI=1S/C33H48F24N3O6.2C2H6/c1-58(2,10-19(61)13-64-16-25(40,41)31(52,53)28(46,47)22(34)35)4-7-60(12-21(63)15-66-18-27(44,45)33(56,57)30(50,51)24(38)39)8-5-59(3,6-9-60)11-20(62)14-65-17-26(42,43)32(54,55)29(48,49)23(36)37;2*1-2/h19-24,61-63H,4-18H2,1-3H3;2*1-2H3/q+3;;. The van der Waals surface area contributed by atoms with Gasteiger partial charge in [0, 0.05) is 0 Å². The van der Waals surface area contributed by atoms with Crippen LogP contribution in [0.3, 0.4) is 0 Å². The van der Waals surface area contributed by atoms with Gasteiger partial charge in [-0.15, -0.1) is 0 Å². The molecule has 0 bridgehead atoms. The van der Waals surface area contributed by atoms with E-state index in [1.54, 1.807) is 0 Å². The van der Waals surface area contributed by atoms with E-state index < -0.39 is 159 Å². The second-order valence-corrected chi connectivity index (χ2v) is 16.9. The molecule has 1 rings (SSSR count). The number of halogens is 24. The summed E-state index contributed by atoms with van der Waals surface area (Å²) in [6, 6.07) is 0. The van der Waals surface area contributed by atoms with Crippen LogP contribution in [0.15, 0.2) is 0 Å². The van der Waals surface area contributed by atoms with E-state index in [1.807, 2.05) is 27.7 Å². The van der Waals surface area contributed by atoms with Crippen molar-refractivity contribution < 1.29 is 148 Å². The van der Waals surface area contributed by atoms with Crippen LogP contribution in [0.2, 0.25) is 0 Å². The smallest absolute Gasteiger partial charge is 0.380 e. The van der Waals surface area contributed by atoms with Gasteiger partial charge in [-0.2, -0.15) is 79.0 Å². The fourth-order valence-electron chi connectivity index (χ4n) is 6.45. The number of aliphatic hydroxyl groups is 3. The molecule has 3 atom stereocenters. The summed E-state index contributed by atoms with van der Waals surface area (Å²) in [5.74, 6) is -57.2. The van der Waals surface area contributed by atoms with E-state index in [0.717, 1.165) is 0 Å². The highest BCUT2D eigenvalue weighted by Crippen LogP contribution is 2.51. The molecule has 0 aliphatic carbocycles. The van der Waals surface area contributed by atoms with Gasteiger partial charge in [0.1, 0.15) is 97.0 Å². The first-order valence-corrected chi connectivity index (χ1v) is 20.8. The first-order valence-electron chi connectivity index (χ1n) is 20.8. The fraction of sp³-hybridized carbons (Fsp3) is 1.00. The molecule has 0 aromatic rings. The Hall–Kier alpha value is -2.04. The number of alkyl halides is 24. The molecule has 1 fully saturated rings. The fourth-order valence-corrected chi connectivity index (χ4v) is 6.45. The molecule has 3 unspecified atom stereocenters. The zero-order valence-corrected chi connectivity index (χ0v) is 38.5. The summed E-state index contributed by atoms with van der Waals surface area (Å²) >= 11 is 0. The predicted molar refractivity (Wildman–Crippen MR) is 198 cm³/mol. The zero-order chi connectivity index (χ0) is 56.2. The van der Waals surface area contributed by atoms with Crippen LogP contribution in [-0.4, -0.2) is 239 Å². The summed E-state index contributed by atoms with van der Waals surface area (Å²) in [4.78, 5) is 0. The van der Waals surface area contributed by atoms with Crippen LogP contribution in [-0.2, 0) is 14.2 Å². The molecule has 1 heterocycles. The average Bonchev–Trinajstić information content (AvgIpc) is 3.21. The molecule has 0 amide bonds. The number of piperazine rings is 1. The molecular weight excluding hydrogens is 1040 g/mol. The van der Waals surface area contributed by atoms with E-state index in [0.29, 0.717) is 0 Å². The van der Waals surface area contributed by atoms with E-state index >= 15 is 0 Å². The van der Waals surface area contributed by atoms with E-state index in [9.17, 15) is 121 Å². The van der Waals surface area contributed by atoms with Gasteiger partial charge >= 0.3 is 72.6 Å². The van der Waals surface area contributed by atoms with Gasteiger partial charge in [0.25, 0.3) is 0 Å². The van der Waals surface area contributed by atoms with E-state index in [1.165, 1.54) is 21.1 Å². The lowest BCUT2D eigenvalue weighted by molar-refractivity contribution is -1.04. The number of ether oxygens (including phenoxy) is 3. The predicted octanol–water partition coefficient (Wildman–Crippen LogP) is 8.04. The van der Waals surface area contributed by atoms with Gasteiger partial charge in [0.2, 0.25) is 0 Å². The summed E-state index contributed by atoms with van der Waals surface area (Å²) in [6.45, 7) is -6.45. The van der Waals surface area contributed by atoms with Crippen LogP contribution >= 0.6 is 0 Å². The second kappa shape index (κ2) is 25.9. The normalized spacial score (nSPS) is 21.0. The van der Waals surface area contributed by atoms with Crippen molar-refractivity contribution in [2.75, 3.05) is 120 Å². The molecule has 0 saturated carbocycles. The van der Waals surface area contributed by atoms with Crippen LogP contribution < -0.4 is 0 Å². The summed E-state index contributed by atoms with van der Waals surface area (Å²) < 4.78 is 330. The number of likely N-dealkylation sites (N-methyl/N-ethyl adjacent to an activating group) is 2. The van der Waals surface area contributed by atoms with Gasteiger partial charge in [-0.25, -0.2) is 26.3 Å². The molecule has 1 saturated heterocycles. The van der Waals surface area contributed by atoms with E-state index in [2.05, 4.69) is 14.2 Å². The quantitative estimate of drug-likeness (QED) is 0.0499. The summed E-state index contributed by atoms with van der Waals surface area (Å²) in [6.07, 6.45) is -21.4. The first kappa shape index (κ1) is 70.0. The number of quaternary nitrogens is 3. The Kier molecular flexibility index (Phi) is 26.0. The molecule has 0 aromatic heterocycles. The second-order valence-electron chi connectivity index (χ2n) is 16.9. The van der Waals surface area contributed by atoms with Crippen molar-refractivity contribution >= 4 is 0 Å². The number of aliphatic hydroxyl groups excluding tert-OH is 3. The third-order valence-corrected chi connectivity index (χ3v) is 10.6. The van der Waals surface area contributed by atoms with Crippen molar-refractivity contribution in [3.8, 4) is 0 Å². The van der Waals surface area contributed by atoms with Crippen LogP contribution in [0.5, 0.6) is 0 Å². The SMILES string of the molecule is CC.CC.C[N+](C)(CC[N+]1(CC(O)COCC(F)(F)C(F)(F)C(F)(F)C(F)F)CC[N+](C)(CC(O)COCC(F)(F)C(F)(F)C(F)(F)C(F)F)CC1)CC(O)COCC(F)(F)C(F)(F)C(F)(F)C(F)F. The molecule has 424 valence electrons. The highest BCUT2D eigenvalue weighted by atomic mass is 19.4. The molecule has 0 radical (unpaired) electrons. The Morgan fingerprint density at radius 3 is 1.01 bits per heavy atom. The van der Waals surface area contributed by atoms with Gasteiger partial charge in [0.05, 0.1) is 41.0 Å². The van der Waals surface area contributed by atoms with Gasteiger partial charge in [0.15, 0.2) is 0 Å². The Bertz CT molecular complexity index is 1510. The first-order chi connectivity index (χ1) is 31.3. The molecule has 9 nitrogen and oxygen atoms in total. The van der Waals surface area contributed by atoms with Crippen LogP contribution in [0, 0.1) is 0 Å². The van der Waals surface area contributed by atoms with Crippen LogP contribution in [0.4, 0.5) is 105 Å². The maximum atomic E-state index is 14.0. The Balaban J connectivity index is 0. The van der Waals surface area contributed by atoms with Crippen LogP contribution in [0.25, 0.3) is 0 Å². The number of hydrogen-bond donors (Lipinski definition) is 3. The maximum Gasteiger partial charge on any atom is 0.380 e. The molecule has 0 aromatic carbocycles. The van der Waals surface area contributed by atoms with Crippen molar-refractivity contribution in [1.82, 2.24) is 0 Å². The number of rotatable bonds is 30. The summed E-state index contributed by atoms with van der Waals surface area (Å²) in [5, 5.41) is 31.4. The number of hydrogen-bond acceptors (Lipinski definition) is 6. The van der Waals surface area contributed by atoms with Crippen molar-refractivity contribution in [1.29, 1.82) is 0 Å².